The van der Waals surface area contributed by atoms with Crippen molar-refractivity contribution in [3.8, 4) is 5.75 Å². The van der Waals surface area contributed by atoms with E-state index in [1.807, 2.05) is 13.8 Å². The van der Waals surface area contributed by atoms with Gasteiger partial charge in [-0.3, -0.25) is 5.41 Å². The van der Waals surface area contributed by atoms with Gasteiger partial charge in [0.15, 0.2) is 11.6 Å². The number of carboxylic acids is 1. The molecular weight excluding hydrogens is 469 g/mol. The van der Waals surface area contributed by atoms with Crippen molar-refractivity contribution in [2.75, 3.05) is 31.2 Å². The molecule has 13 heteroatoms. The molecule has 0 radical (unpaired) electrons. The van der Waals surface area contributed by atoms with Crippen LogP contribution in [0.25, 0.3) is 5.57 Å². The number of nitrogens with one attached hydrogen (secondary N) is 1. The van der Waals surface area contributed by atoms with Crippen LogP contribution in [0.3, 0.4) is 0 Å². The Morgan fingerprint density at radius 1 is 1.29 bits per heavy atom. The first kappa shape index (κ1) is 27.2. The van der Waals surface area contributed by atoms with Gasteiger partial charge in [0.1, 0.15) is 17.3 Å². The number of aliphatic imine (C=N–C) groups is 1. The number of nitrogens with zero attached hydrogens (tertiary/aromatic N) is 4. The van der Waals surface area contributed by atoms with Crippen LogP contribution in [-0.4, -0.2) is 65.5 Å². The summed E-state index contributed by atoms with van der Waals surface area (Å²) in [6.45, 7) is 2.92. The lowest BCUT2D eigenvalue weighted by molar-refractivity contribution is -0.129. The fraction of sp³-hybridized carbons (Fsp3) is 0.318. The molecule has 2 aromatic rings. The van der Waals surface area contributed by atoms with Crippen LogP contribution in [-0.2, 0) is 9.53 Å². The predicted octanol–water partition coefficient (Wildman–Crippen LogP) is 3.26. The van der Waals surface area contributed by atoms with Crippen molar-refractivity contribution in [1.82, 2.24) is 9.97 Å². The first-order valence-electron chi connectivity index (χ1n) is 10.5. The maximum atomic E-state index is 14.2. The summed E-state index contributed by atoms with van der Waals surface area (Å²) in [5.74, 6) is -3.06. The number of hydrogen-bond acceptors (Lipinski definition) is 8. The minimum atomic E-state index is -3.03. The molecule has 0 amide bonds. The molecule has 0 aliphatic carbocycles. The van der Waals surface area contributed by atoms with Gasteiger partial charge < -0.3 is 25.2 Å². The summed E-state index contributed by atoms with van der Waals surface area (Å²) < 4.78 is 48.4. The summed E-state index contributed by atoms with van der Waals surface area (Å²) in [5.41, 5.74) is 5.02. The number of rotatable bonds is 8. The first-order chi connectivity index (χ1) is 16.7. The van der Waals surface area contributed by atoms with E-state index in [0.29, 0.717) is 26.3 Å². The monoisotopic (exact) mass is 494 g/mol. The lowest BCUT2D eigenvalue weighted by atomic mass is 10.0. The maximum absolute atomic E-state index is 14.2. The average Bonchev–Trinajstić information content (AvgIpc) is 2.85. The molecule has 10 nitrogen and oxygen atoms in total. The van der Waals surface area contributed by atoms with Gasteiger partial charge in [0.05, 0.1) is 19.4 Å². The Morgan fingerprint density at radius 2 is 1.91 bits per heavy atom. The molecule has 1 fully saturated rings. The van der Waals surface area contributed by atoms with Crippen LogP contribution < -0.4 is 15.4 Å². The SMILES string of the molecule is CC.N=C(C(=O)O)/C(=C\C(N)=Nc1nc(N2CCOCC2)ncc1F)c1ccc(OC(F)F)cc1. The van der Waals surface area contributed by atoms with Gasteiger partial charge in [-0.2, -0.15) is 13.8 Å². The van der Waals surface area contributed by atoms with E-state index in [2.05, 4.69) is 19.7 Å². The van der Waals surface area contributed by atoms with E-state index in [1.54, 1.807) is 4.90 Å². The van der Waals surface area contributed by atoms with E-state index in [1.165, 1.54) is 24.3 Å². The summed E-state index contributed by atoms with van der Waals surface area (Å²) >= 11 is 0. The molecular formula is C22H25F3N6O4. The van der Waals surface area contributed by atoms with E-state index in [9.17, 15) is 23.1 Å². The van der Waals surface area contributed by atoms with Gasteiger partial charge in [0.25, 0.3) is 0 Å². The molecule has 3 rings (SSSR count). The fourth-order valence-corrected chi connectivity index (χ4v) is 2.88. The smallest absolute Gasteiger partial charge is 0.387 e. The minimum absolute atomic E-state index is 0.157. The number of alkyl halides is 2. The van der Waals surface area contributed by atoms with Crippen LogP contribution in [0.5, 0.6) is 5.75 Å². The van der Waals surface area contributed by atoms with E-state index in [0.717, 1.165) is 12.3 Å². The molecule has 1 aliphatic heterocycles. The molecule has 1 saturated heterocycles. The lowest BCUT2D eigenvalue weighted by Crippen LogP contribution is -2.37. The second kappa shape index (κ2) is 13.0. The Kier molecular flexibility index (Phi) is 10.1. The van der Waals surface area contributed by atoms with Crippen LogP contribution in [0.2, 0.25) is 0 Å². The Hall–Kier alpha value is -4.00. The highest BCUT2D eigenvalue weighted by Gasteiger charge is 2.18. The van der Waals surface area contributed by atoms with E-state index < -0.39 is 24.1 Å². The van der Waals surface area contributed by atoms with Gasteiger partial charge in [0.2, 0.25) is 5.95 Å². The Labute approximate surface area is 199 Å². The normalized spacial score (nSPS) is 14.3. The second-order valence-electron chi connectivity index (χ2n) is 6.62. The van der Waals surface area contributed by atoms with Crippen LogP contribution in [0.15, 0.2) is 41.5 Å². The second-order valence-corrected chi connectivity index (χ2v) is 6.62. The van der Waals surface area contributed by atoms with Gasteiger partial charge in [-0.25, -0.2) is 19.2 Å². The summed E-state index contributed by atoms with van der Waals surface area (Å²) in [6, 6.07) is 4.90. The molecule has 0 spiro atoms. The van der Waals surface area contributed by atoms with Crippen molar-refractivity contribution in [2.45, 2.75) is 20.5 Å². The summed E-state index contributed by atoms with van der Waals surface area (Å²) in [4.78, 5) is 25.1. The number of amidine groups is 1. The Bertz CT molecular complexity index is 1090. The molecule has 2 heterocycles. The topological polar surface area (TPSA) is 147 Å². The van der Waals surface area contributed by atoms with Gasteiger partial charge in [-0.15, -0.1) is 0 Å². The highest BCUT2D eigenvalue weighted by molar-refractivity contribution is 6.53. The van der Waals surface area contributed by atoms with E-state index >= 15 is 0 Å². The highest BCUT2D eigenvalue weighted by atomic mass is 19.3. The molecule has 1 aromatic heterocycles. The number of carbonyl (C=O) groups is 1. The third-order valence-corrected chi connectivity index (χ3v) is 4.41. The standard InChI is InChI=1S/C20H19F3N6O4.C2H6/c21-14-10-26-20(29-5-7-32-8-6-29)28-17(14)27-15(24)9-13(16(25)18(30)31)11-1-3-12(4-2-11)33-19(22)23;1-2/h1-4,9-10,19,25H,5-8H2,(H,30,31)(H2,24,26,27,28);1-2H3/b13-9-,25-16?;. The maximum Gasteiger partial charge on any atom is 0.387 e. The number of ether oxygens (including phenoxy) is 2. The van der Waals surface area contributed by atoms with Crippen LogP contribution in [0, 0.1) is 11.2 Å². The molecule has 188 valence electrons. The average molecular weight is 494 g/mol. The minimum Gasteiger partial charge on any atom is -0.477 e. The van der Waals surface area contributed by atoms with Crippen molar-refractivity contribution >= 4 is 34.9 Å². The Morgan fingerprint density at radius 3 is 2.49 bits per heavy atom. The number of aromatic nitrogens is 2. The molecule has 35 heavy (non-hydrogen) atoms. The van der Waals surface area contributed by atoms with Crippen molar-refractivity contribution in [3.63, 3.8) is 0 Å². The predicted molar refractivity (Wildman–Crippen MR) is 124 cm³/mol. The third kappa shape index (κ3) is 7.78. The quantitative estimate of drug-likeness (QED) is 0.374. The number of benzene rings is 1. The molecule has 1 aliphatic rings. The summed E-state index contributed by atoms with van der Waals surface area (Å²) in [6.07, 6.45) is 1.99. The third-order valence-electron chi connectivity index (χ3n) is 4.41. The summed E-state index contributed by atoms with van der Waals surface area (Å²) in [7, 11) is 0. The van der Waals surface area contributed by atoms with Crippen molar-refractivity contribution in [1.29, 1.82) is 5.41 Å². The summed E-state index contributed by atoms with van der Waals surface area (Å²) in [5, 5.41) is 17.1. The molecule has 0 saturated carbocycles. The van der Waals surface area contributed by atoms with Gasteiger partial charge in [0, 0.05) is 18.7 Å². The molecule has 0 bridgehead atoms. The van der Waals surface area contributed by atoms with Crippen LogP contribution in [0.1, 0.15) is 19.4 Å². The number of aliphatic carboxylic acids is 1. The number of hydrogen-bond donors (Lipinski definition) is 3. The zero-order valence-corrected chi connectivity index (χ0v) is 19.0. The number of morpholine rings is 1. The zero-order chi connectivity index (χ0) is 26.0. The molecule has 4 N–H and O–H groups in total. The fourth-order valence-electron chi connectivity index (χ4n) is 2.88. The van der Waals surface area contributed by atoms with Gasteiger partial charge >= 0.3 is 12.6 Å². The van der Waals surface area contributed by atoms with E-state index in [-0.39, 0.29) is 34.5 Å². The molecule has 0 unspecified atom stereocenters. The van der Waals surface area contributed by atoms with Crippen LogP contribution >= 0.6 is 0 Å². The zero-order valence-electron chi connectivity index (χ0n) is 19.0. The first-order valence-corrected chi connectivity index (χ1v) is 10.5. The van der Waals surface area contributed by atoms with Crippen molar-refractivity contribution < 1.29 is 32.5 Å². The largest absolute Gasteiger partial charge is 0.477 e. The van der Waals surface area contributed by atoms with E-state index in [4.69, 9.17) is 15.9 Å². The highest BCUT2D eigenvalue weighted by Crippen LogP contribution is 2.23. The number of halogens is 3. The number of nitrogens with two attached hydrogens (primary N) is 1. The van der Waals surface area contributed by atoms with Gasteiger partial charge in [-0.05, 0) is 23.8 Å². The van der Waals surface area contributed by atoms with Crippen LogP contribution in [0.4, 0.5) is 24.9 Å². The molecule has 0 atom stereocenters. The lowest BCUT2D eigenvalue weighted by Gasteiger charge is -2.26. The van der Waals surface area contributed by atoms with Crippen molar-refractivity contribution in [2.24, 2.45) is 10.7 Å². The number of carboxylic acid groups (broad SMARTS) is 1. The van der Waals surface area contributed by atoms with Crippen molar-refractivity contribution in [3.05, 3.63) is 47.9 Å². The number of anilines is 1. The Balaban J connectivity index is 0.00000210. The molecule has 1 aromatic carbocycles. The van der Waals surface area contributed by atoms with Gasteiger partial charge in [-0.1, -0.05) is 26.0 Å².